The molecule has 118 valence electrons. The Hall–Kier alpha value is -0.170. The van der Waals surface area contributed by atoms with Gasteiger partial charge in [-0.15, -0.1) is 0 Å². The molecule has 0 spiro atoms. The Morgan fingerprint density at radius 2 is 1.70 bits per heavy atom. The first-order valence-electron chi connectivity index (χ1n) is 7.81. The van der Waals surface area contributed by atoms with Gasteiger partial charge in [-0.25, -0.2) is 0 Å². The van der Waals surface area contributed by atoms with Crippen LogP contribution in [0.15, 0.2) is 0 Å². The van der Waals surface area contributed by atoms with Gasteiger partial charge in [-0.05, 0) is 43.9 Å². The molecule has 0 aromatic rings. The van der Waals surface area contributed by atoms with E-state index in [0.717, 1.165) is 19.3 Å². The summed E-state index contributed by atoms with van der Waals surface area (Å²) in [4.78, 5) is 0. The van der Waals surface area contributed by atoms with E-state index in [1.54, 1.807) is 8.61 Å². The minimum atomic E-state index is -3.31. The van der Waals surface area contributed by atoms with Gasteiger partial charge in [0.1, 0.15) is 0 Å². The lowest BCUT2D eigenvalue weighted by atomic mass is 9.93. The highest BCUT2D eigenvalue weighted by atomic mass is 32.2. The van der Waals surface area contributed by atoms with Gasteiger partial charge in [-0.2, -0.15) is 17.0 Å². The smallest absolute Gasteiger partial charge is 0.282 e. The second kappa shape index (κ2) is 6.30. The third-order valence-electron chi connectivity index (χ3n) is 4.65. The van der Waals surface area contributed by atoms with Crippen molar-refractivity contribution >= 4 is 10.2 Å². The van der Waals surface area contributed by atoms with Gasteiger partial charge in [0.25, 0.3) is 10.2 Å². The zero-order chi connectivity index (χ0) is 14.9. The van der Waals surface area contributed by atoms with Gasteiger partial charge in [0.15, 0.2) is 0 Å². The van der Waals surface area contributed by atoms with E-state index in [1.807, 2.05) is 6.92 Å². The summed E-state index contributed by atoms with van der Waals surface area (Å²) in [6.45, 7) is 8.80. The van der Waals surface area contributed by atoms with E-state index in [4.69, 9.17) is 5.73 Å². The topological polar surface area (TPSA) is 66.6 Å². The van der Waals surface area contributed by atoms with Crippen LogP contribution in [0.4, 0.5) is 0 Å². The molecular weight excluding hydrogens is 274 g/mol. The second-order valence-corrected chi connectivity index (χ2v) is 8.82. The van der Waals surface area contributed by atoms with Gasteiger partial charge in [0.2, 0.25) is 0 Å². The number of nitrogens with two attached hydrogens (primary N) is 1. The van der Waals surface area contributed by atoms with Crippen molar-refractivity contribution in [2.45, 2.75) is 46.1 Å². The summed E-state index contributed by atoms with van der Waals surface area (Å²) >= 11 is 0. The zero-order valence-corrected chi connectivity index (χ0v) is 13.8. The number of hydrogen-bond acceptors (Lipinski definition) is 3. The largest absolute Gasteiger partial charge is 0.328 e. The van der Waals surface area contributed by atoms with E-state index >= 15 is 0 Å². The Morgan fingerprint density at radius 1 is 1.10 bits per heavy atom. The summed E-state index contributed by atoms with van der Waals surface area (Å²) < 4.78 is 29.0. The molecule has 0 aromatic carbocycles. The van der Waals surface area contributed by atoms with Crippen LogP contribution >= 0.6 is 0 Å². The van der Waals surface area contributed by atoms with Crippen LogP contribution in [0.1, 0.15) is 40.0 Å². The quantitative estimate of drug-likeness (QED) is 0.854. The second-order valence-electron chi connectivity index (χ2n) is 6.89. The lowest BCUT2D eigenvalue weighted by Gasteiger charge is -2.40. The maximum Gasteiger partial charge on any atom is 0.282 e. The summed E-state index contributed by atoms with van der Waals surface area (Å²) in [6, 6.07) is 0.0622. The maximum absolute atomic E-state index is 12.8. The molecule has 2 fully saturated rings. The average Bonchev–Trinajstić information content (AvgIpc) is 2.37. The summed E-state index contributed by atoms with van der Waals surface area (Å²) in [5.74, 6) is 1.18. The molecule has 2 aliphatic rings. The highest BCUT2D eigenvalue weighted by molar-refractivity contribution is 7.86. The highest BCUT2D eigenvalue weighted by Gasteiger charge is 2.37. The van der Waals surface area contributed by atoms with E-state index in [9.17, 15) is 8.42 Å². The fourth-order valence-corrected chi connectivity index (χ4v) is 5.52. The zero-order valence-electron chi connectivity index (χ0n) is 13.0. The number of hydrogen-bond donors (Lipinski definition) is 1. The van der Waals surface area contributed by atoms with Crippen LogP contribution in [0.3, 0.4) is 0 Å². The maximum atomic E-state index is 12.8. The molecule has 2 rings (SSSR count). The third-order valence-corrected chi connectivity index (χ3v) is 6.59. The molecule has 4 atom stereocenters. The summed E-state index contributed by atoms with van der Waals surface area (Å²) in [6.07, 6.45) is 3.08. The van der Waals surface area contributed by atoms with Crippen LogP contribution in [-0.2, 0) is 10.2 Å². The van der Waals surface area contributed by atoms with Crippen LogP contribution in [0.25, 0.3) is 0 Å². The lowest BCUT2D eigenvalue weighted by molar-refractivity contribution is 0.188. The van der Waals surface area contributed by atoms with Crippen molar-refractivity contribution in [1.82, 2.24) is 8.61 Å². The first-order chi connectivity index (χ1) is 9.30. The van der Waals surface area contributed by atoms with Gasteiger partial charge >= 0.3 is 0 Å². The normalized spacial score (nSPS) is 35.9. The molecule has 4 unspecified atom stereocenters. The van der Waals surface area contributed by atoms with Crippen LogP contribution in [-0.4, -0.2) is 49.2 Å². The molecule has 2 aliphatic heterocycles. The summed E-state index contributed by atoms with van der Waals surface area (Å²) in [7, 11) is -3.31. The Bertz CT molecular complexity index is 414. The number of rotatable bonds is 3. The van der Waals surface area contributed by atoms with Crippen molar-refractivity contribution in [3.8, 4) is 0 Å². The number of nitrogens with zero attached hydrogens (tertiary/aromatic N) is 2. The molecule has 0 aliphatic carbocycles. The molecule has 0 amide bonds. The SMILES string of the molecule is CC1CC(C)CN(S(=O)(=O)N2CCCC(C(C)N)C2)C1. The van der Waals surface area contributed by atoms with Gasteiger partial charge < -0.3 is 5.73 Å². The molecule has 2 N–H and O–H groups in total. The van der Waals surface area contributed by atoms with E-state index in [2.05, 4.69) is 13.8 Å². The summed E-state index contributed by atoms with van der Waals surface area (Å²) in [5, 5.41) is 0. The monoisotopic (exact) mass is 303 g/mol. The van der Waals surface area contributed by atoms with Crippen molar-refractivity contribution in [2.75, 3.05) is 26.2 Å². The molecular formula is C14H29N3O2S. The van der Waals surface area contributed by atoms with Gasteiger partial charge in [0.05, 0.1) is 0 Å². The molecule has 0 radical (unpaired) electrons. The Labute approximate surface area is 123 Å². The van der Waals surface area contributed by atoms with Crippen molar-refractivity contribution in [3.05, 3.63) is 0 Å². The lowest BCUT2D eigenvalue weighted by Crippen LogP contribution is -2.53. The first-order valence-corrected chi connectivity index (χ1v) is 9.21. The van der Waals surface area contributed by atoms with E-state index in [0.29, 0.717) is 38.0 Å². The fraction of sp³-hybridized carbons (Fsp3) is 1.00. The van der Waals surface area contributed by atoms with Gasteiger partial charge in [0, 0.05) is 32.2 Å². The third kappa shape index (κ3) is 3.53. The Morgan fingerprint density at radius 3 is 2.25 bits per heavy atom. The Balaban J connectivity index is 2.09. The molecule has 0 bridgehead atoms. The molecule has 0 saturated carbocycles. The molecule has 5 nitrogen and oxygen atoms in total. The van der Waals surface area contributed by atoms with E-state index in [1.165, 1.54) is 0 Å². The van der Waals surface area contributed by atoms with Crippen molar-refractivity contribution in [1.29, 1.82) is 0 Å². The Kier molecular flexibility index (Phi) is 5.10. The predicted molar refractivity (Wildman–Crippen MR) is 81.4 cm³/mol. The van der Waals surface area contributed by atoms with E-state index < -0.39 is 10.2 Å². The molecule has 2 heterocycles. The number of piperidine rings is 2. The van der Waals surface area contributed by atoms with Crippen LogP contribution < -0.4 is 5.73 Å². The van der Waals surface area contributed by atoms with Crippen LogP contribution in [0, 0.1) is 17.8 Å². The van der Waals surface area contributed by atoms with Gasteiger partial charge in [-0.1, -0.05) is 13.8 Å². The van der Waals surface area contributed by atoms with Crippen LogP contribution in [0.2, 0.25) is 0 Å². The minimum absolute atomic E-state index is 0.0622. The van der Waals surface area contributed by atoms with Crippen molar-refractivity contribution in [3.63, 3.8) is 0 Å². The standard InChI is InChI=1S/C14H29N3O2S/c1-11-7-12(2)9-17(8-11)20(18,19)16-6-4-5-14(10-16)13(3)15/h11-14H,4-10,15H2,1-3H3. The van der Waals surface area contributed by atoms with Crippen LogP contribution in [0.5, 0.6) is 0 Å². The molecule has 0 aromatic heterocycles. The van der Waals surface area contributed by atoms with Gasteiger partial charge in [-0.3, -0.25) is 0 Å². The minimum Gasteiger partial charge on any atom is -0.328 e. The fourth-order valence-electron chi connectivity index (χ4n) is 3.57. The van der Waals surface area contributed by atoms with Crippen molar-refractivity contribution < 1.29 is 8.42 Å². The summed E-state index contributed by atoms with van der Waals surface area (Å²) in [5.41, 5.74) is 5.96. The molecule has 20 heavy (non-hydrogen) atoms. The highest BCUT2D eigenvalue weighted by Crippen LogP contribution is 2.27. The van der Waals surface area contributed by atoms with E-state index in [-0.39, 0.29) is 12.0 Å². The molecule has 2 saturated heterocycles. The van der Waals surface area contributed by atoms with Crippen molar-refractivity contribution in [2.24, 2.45) is 23.5 Å². The molecule has 6 heteroatoms. The first kappa shape index (κ1) is 16.2. The predicted octanol–water partition coefficient (Wildman–Crippen LogP) is 1.27. The average molecular weight is 303 g/mol.